The molecule has 10 nitrogen and oxygen atoms in total. The van der Waals surface area contributed by atoms with Gasteiger partial charge < -0.3 is 24.2 Å². The second-order valence-corrected chi connectivity index (χ2v) is 15.8. The van der Waals surface area contributed by atoms with Gasteiger partial charge in [-0.2, -0.15) is 8.78 Å². The average molecular weight is 806 g/mol. The minimum absolute atomic E-state index is 0.0339. The summed E-state index contributed by atoms with van der Waals surface area (Å²) in [6.45, 7) is -0.419. The molecule has 2 fully saturated rings. The molecule has 4 aromatic rings. The van der Waals surface area contributed by atoms with Gasteiger partial charge in [0.15, 0.2) is 11.5 Å². The van der Waals surface area contributed by atoms with E-state index in [1.807, 2.05) is 30.3 Å². The van der Waals surface area contributed by atoms with Crippen molar-refractivity contribution in [2.45, 2.75) is 57.2 Å². The first-order valence-corrected chi connectivity index (χ1v) is 19.3. The minimum atomic E-state index is -3.08. The van der Waals surface area contributed by atoms with Crippen molar-refractivity contribution in [3.05, 3.63) is 109 Å². The first-order valence-electron chi connectivity index (χ1n) is 17.7. The molecule has 2 aromatic carbocycles. The van der Waals surface area contributed by atoms with E-state index in [1.54, 1.807) is 18.2 Å². The van der Waals surface area contributed by atoms with Gasteiger partial charge in [-0.3, -0.25) is 10.5 Å². The van der Waals surface area contributed by atoms with Gasteiger partial charge in [0.05, 0.1) is 13.2 Å². The zero-order chi connectivity index (χ0) is 38.4. The Labute approximate surface area is 326 Å². The Kier molecular flexibility index (Phi) is 13.3. The van der Waals surface area contributed by atoms with Gasteiger partial charge in [0, 0.05) is 27.6 Å². The fourth-order valence-corrected chi connectivity index (χ4v) is 8.17. The SMILES string of the molecule is CN1CCC(COC(=O)C(NCc2cc([C@@H](Cc3c(Cl)c[n+](O)cc3Cl)c3ccc(OC(F)F)c(OCC4CC4)c3)c(C(=O)O)s2)c2ccccc2)CC1. The molecule has 2 aliphatic rings. The molecule has 1 aliphatic heterocycles. The number of halogens is 4. The predicted octanol–water partition coefficient (Wildman–Crippen LogP) is 7.76. The van der Waals surface area contributed by atoms with Crippen LogP contribution in [0.25, 0.3) is 0 Å². The van der Waals surface area contributed by atoms with Crippen LogP contribution in [0.2, 0.25) is 10.0 Å². The Hall–Kier alpha value is -4.01. The molecule has 0 radical (unpaired) electrons. The van der Waals surface area contributed by atoms with Gasteiger partial charge in [0.2, 0.25) is 12.4 Å². The standard InChI is InChI=1S/C39H41Cl2F2N3O7S/c1-45-13-11-24(12-14-45)22-52-38(49)35(25-5-3-2-4-6-25)44-18-27-16-29(36(54-27)37(47)48)28(17-30-31(40)19-46(50)20-32(30)41)26-9-10-33(53-39(42)43)34(15-26)51-21-23-7-8-23/h2-6,9-10,15-16,19-20,23-24,28,35,39,44H,7-8,11-14,17-18,21-22H2,1H3,(H-,47,48,50)/p+1/t28-,35?/m0/s1. The number of rotatable bonds is 17. The van der Waals surface area contributed by atoms with E-state index in [0.717, 1.165) is 54.8 Å². The molecule has 3 N–H and O–H groups in total. The molecule has 0 spiro atoms. The lowest BCUT2D eigenvalue weighted by atomic mass is 9.85. The van der Waals surface area contributed by atoms with Gasteiger partial charge in [0.1, 0.15) is 21.0 Å². The van der Waals surface area contributed by atoms with Crippen LogP contribution < -0.4 is 19.5 Å². The van der Waals surface area contributed by atoms with Crippen molar-refractivity contribution < 1.29 is 47.6 Å². The molecular weight excluding hydrogens is 763 g/mol. The first kappa shape index (κ1) is 39.7. The van der Waals surface area contributed by atoms with Crippen LogP contribution in [-0.4, -0.2) is 67.1 Å². The Morgan fingerprint density at radius 1 is 0.963 bits per heavy atom. The summed E-state index contributed by atoms with van der Waals surface area (Å²) in [5, 5.41) is 24.1. The largest absolute Gasteiger partial charge is 0.489 e. The van der Waals surface area contributed by atoms with E-state index in [1.165, 1.54) is 18.5 Å². The van der Waals surface area contributed by atoms with Crippen molar-refractivity contribution in [2.24, 2.45) is 11.8 Å². The van der Waals surface area contributed by atoms with E-state index in [9.17, 15) is 28.7 Å². The number of likely N-dealkylation sites (tertiary alicyclic amines) is 1. The maximum absolute atomic E-state index is 13.6. The zero-order valence-corrected chi connectivity index (χ0v) is 31.9. The summed E-state index contributed by atoms with van der Waals surface area (Å²) in [4.78, 5) is 29.3. The van der Waals surface area contributed by atoms with Crippen LogP contribution in [0.1, 0.15) is 74.4 Å². The molecule has 3 heterocycles. The summed E-state index contributed by atoms with van der Waals surface area (Å²) in [6, 6.07) is 14.7. The summed E-state index contributed by atoms with van der Waals surface area (Å²) >= 11 is 14.2. The third-order valence-electron chi connectivity index (χ3n) is 9.76. The van der Waals surface area contributed by atoms with E-state index in [2.05, 4.69) is 17.3 Å². The fraction of sp³-hybridized carbons (Fsp3) is 0.410. The summed E-state index contributed by atoms with van der Waals surface area (Å²) in [7, 11) is 2.08. The van der Waals surface area contributed by atoms with Crippen LogP contribution >= 0.6 is 34.5 Å². The lowest BCUT2D eigenvalue weighted by Crippen LogP contribution is -2.34. The van der Waals surface area contributed by atoms with Crippen LogP contribution in [0.5, 0.6) is 11.5 Å². The van der Waals surface area contributed by atoms with Gasteiger partial charge in [-0.05, 0) is 99.0 Å². The number of benzene rings is 2. The molecule has 15 heteroatoms. The fourth-order valence-electron chi connectivity index (χ4n) is 6.55. The molecule has 288 valence electrons. The predicted molar refractivity (Wildman–Crippen MR) is 199 cm³/mol. The molecule has 1 saturated heterocycles. The molecule has 0 bridgehead atoms. The Morgan fingerprint density at radius 2 is 1.65 bits per heavy atom. The summed E-state index contributed by atoms with van der Waals surface area (Å²) in [6.07, 6.45) is 6.44. The minimum Gasteiger partial charge on any atom is -0.489 e. The van der Waals surface area contributed by atoms with Crippen LogP contribution in [0.15, 0.2) is 67.0 Å². The van der Waals surface area contributed by atoms with E-state index in [-0.39, 0.29) is 45.3 Å². The van der Waals surface area contributed by atoms with Crippen LogP contribution in [0, 0.1) is 11.8 Å². The van der Waals surface area contributed by atoms with Gasteiger partial charge in [0.25, 0.3) is 0 Å². The van der Waals surface area contributed by atoms with Crippen molar-refractivity contribution in [1.82, 2.24) is 10.2 Å². The maximum Gasteiger partial charge on any atom is 0.387 e. The Morgan fingerprint density at radius 3 is 2.30 bits per heavy atom. The van der Waals surface area contributed by atoms with Crippen molar-refractivity contribution in [2.75, 3.05) is 33.4 Å². The monoisotopic (exact) mass is 804 g/mol. The highest BCUT2D eigenvalue weighted by Gasteiger charge is 2.31. The van der Waals surface area contributed by atoms with Crippen molar-refractivity contribution in [1.29, 1.82) is 0 Å². The smallest absolute Gasteiger partial charge is 0.387 e. The van der Waals surface area contributed by atoms with Gasteiger partial charge in [-0.15, -0.1) is 11.3 Å². The van der Waals surface area contributed by atoms with Gasteiger partial charge >= 0.3 is 18.6 Å². The van der Waals surface area contributed by atoms with Crippen LogP contribution in [-0.2, 0) is 22.5 Å². The number of alkyl halides is 2. The summed E-state index contributed by atoms with van der Waals surface area (Å²) < 4.78 is 44.1. The van der Waals surface area contributed by atoms with E-state index < -0.39 is 30.5 Å². The number of carboxylic acids is 1. The summed E-state index contributed by atoms with van der Waals surface area (Å²) in [5.41, 5.74) is 2.09. The number of hydrogen-bond donors (Lipinski definition) is 3. The zero-order valence-electron chi connectivity index (χ0n) is 29.6. The van der Waals surface area contributed by atoms with E-state index in [4.69, 9.17) is 37.4 Å². The van der Waals surface area contributed by atoms with E-state index in [0.29, 0.717) is 46.3 Å². The second kappa shape index (κ2) is 18.1. The third-order valence-corrected chi connectivity index (χ3v) is 11.6. The lowest BCUT2D eigenvalue weighted by Gasteiger charge is -2.29. The van der Waals surface area contributed by atoms with Crippen molar-refractivity contribution in [3.63, 3.8) is 0 Å². The topological polar surface area (TPSA) is 121 Å². The number of nitrogens with zero attached hydrogens (tertiary/aromatic N) is 2. The van der Waals surface area contributed by atoms with Gasteiger partial charge in [-0.1, -0.05) is 59.6 Å². The number of carbonyl (C=O) groups is 2. The Bertz CT molecular complexity index is 1900. The molecule has 2 atom stereocenters. The quantitative estimate of drug-likeness (QED) is 0.0559. The highest BCUT2D eigenvalue weighted by Crippen LogP contribution is 2.42. The number of pyridine rings is 1. The highest BCUT2D eigenvalue weighted by molar-refractivity contribution is 7.14. The van der Waals surface area contributed by atoms with E-state index >= 15 is 0 Å². The van der Waals surface area contributed by atoms with Crippen LogP contribution in [0.4, 0.5) is 8.78 Å². The molecule has 1 saturated carbocycles. The average Bonchev–Trinajstić information content (AvgIpc) is 3.87. The molecule has 2 aromatic heterocycles. The molecule has 0 amide bonds. The maximum atomic E-state index is 13.6. The normalized spacial score (nSPS) is 16.3. The number of esters is 1. The number of hydrogen-bond acceptors (Lipinski definition) is 9. The van der Waals surface area contributed by atoms with Gasteiger partial charge in [-0.25, -0.2) is 9.59 Å². The number of ether oxygens (including phenoxy) is 3. The summed E-state index contributed by atoms with van der Waals surface area (Å²) in [5.74, 6) is -1.78. The highest BCUT2D eigenvalue weighted by atomic mass is 35.5. The molecule has 1 unspecified atom stereocenters. The molecule has 6 rings (SSSR count). The lowest BCUT2D eigenvalue weighted by molar-refractivity contribution is -0.904. The molecular formula is C39H42Cl2F2N3O7S+. The Balaban J connectivity index is 1.32. The first-order chi connectivity index (χ1) is 25.9. The second-order valence-electron chi connectivity index (χ2n) is 13.8. The molecule has 54 heavy (non-hydrogen) atoms. The number of carbonyl (C=O) groups excluding carboxylic acids is 1. The number of nitrogens with one attached hydrogen (secondary N) is 1. The van der Waals surface area contributed by atoms with Crippen molar-refractivity contribution in [3.8, 4) is 11.5 Å². The van der Waals surface area contributed by atoms with Crippen LogP contribution in [0.3, 0.4) is 0 Å². The number of thiophene rings is 1. The number of aromatic carboxylic acids is 1. The number of carboxylic acid groups (broad SMARTS) is 1. The van der Waals surface area contributed by atoms with Crippen molar-refractivity contribution >= 4 is 46.5 Å². The molecule has 1 aliphatic carbocycles. The third kappa shape index (κ3) is 10.4. The number of piperidine rings is 1. The number of aromatic nitrogens is 1.